The molecule has 0 aliphatic rings. The average Bonchev–Trinajstić information content (AvgIpc) is 2.52. The number of aromatic nitrogens is 1. The molecule has 0 fully saturated rings. The van der Waals surface area contributed by atoms with E-state index >= 15 is 0 Å². The Morgan fingerprint density at radius 3 is 2.46 bits per heavy atom. The molecule has 1 atom stereocenters. The SMILES string of the molecule is CC(NC(=O)OC(C)(C)C)c1ccc(OCc2ccccn2)cc1. The van der Waals surface area contributed by atoms with E-state index in [1.165, 1.54) is 0 Å². The number of rotatable bonds is 5. The number of ether oxygens (including phenoxy) is 2. The Labute approximate surface area is 143 Å². The second kappa shape index (κ2) is 7.81. The Balaban J connectivity index is 1.88. The van der Waals surface area contributed by atoms with Crippen molar-refractivity contribution in [3.05, 3.63) is 59.9 Å². The molecule has 2 aromatic rings. The van der Waals surface area contributed by atoms with Crippen molar-refractivity contribution < 1.29 is 14.3 Å². The fourth-order valence-corrected chi connectivity index (χ4v) is 2.06. The minimum Gasteiger partial charge on any atom is -0.487 e. The number of carbonyl (C=O) groups is 1. The summed E-state index contributed by atoms with van der Waals surface area (Å²) in [4.78, 5) is 16.0. The van der Waals surface area contributed by atoms with Crippen LogP contribution in [0.5, 0.6) is 5.75 Å². The lowest BCUT2D eigenvalue weighted by Crippen LogP contribution is -2.34. The predicted octanol–water partition coefficient (Wildman–Crippen LogP) is 4.25. The molecule has 1 N–H and O–H groups in total. The molecular weight excluding hydrogens is 304 g/mol. The number of nitrogens with one attached hydrogen (secondary N) is 1. The van der Waals surface area contributed by atoms with Gasteiger partial charge in [-0.2, -0.15) is 0 Å². The molecule has 0 saturated carbocycles. The van der Waals surface area contributed by atoms with E-state index < -0.39 is 11.7 Å². The van der Waals surface area contributed by atoms with Crippen molar-refractivity contribution in [3.8, 4) is 5.75 Å². The van der Waals surface area contributed by atoms with Gasteiger partial charge < -0.3 is 14.8 Å². The summed E-state index contributed by atoms with van der Waals surface area (Å²) in [6.07, 6.45) is 1.32. The quantitative estimate of drug-likeness (QED) is 0.891. The van der Waals surface area contributed by atoms with E-state index in [1.54, 1.807) is 6.20 Å². The standard InChI is InChI=1S/C19H24N2O3/c1-14(21-18(22)24-19(2,3)4)15-8-10-17(11-9-15)23-13-16-7-5-6-12-20-16/h5-12,14H,13H2,1-4H3,(H,21,22). The van der Waals surface area contributed by atoms with Crippen molar-refractivity contribution in [2.75, 3.05) is 0 Å². The fourth-order valence-electron chi connectivity index (χ4n) is 2.06. The van der Waals surface area contributed by atoms with Gasteiger partial charge in [-0.15, -0.1) is 0 Å². The zero-order valence-corrected chi connectivity index (χ0v) is 14.6. The minimum atomic E-state index is -0.507. The lowest BCUT2D eigenvalue weighted by molar-refractivity contribution is 0.0508. The van der Waals surface area contributed by atoms with Gasteiger partial charge in [-0.05, 0) is 57.5 Å². The maximum Gasteiger partial charge on any atom is 0.408 e. The van der Waals surface area contributed by atoms with E-state index in [0.717, 1.165) is 17.0 Å². The lowest BCUT2D eigenvalue weighted by atomic mass is 10.1. The molecular formula is C19H24N2O3. The van der Waals surface area contributed by atoms with Gasteiger partial charge in [0.2, 0.25) is 0 Å². The summed E-state index contributed by atoms with van der Waals surface area (Å²) < 4.78 is 11.0. The molecule has 24 heavy (non-hydrogen) atoms. The Bertz CT molecular complexity index is 649. The molecule has 5 heteroatoms. The third-order valence-corrected chi connectivity index (χ3v) is 3.23. The van der Waals surface area contributed by atoms with E-state index in [1.807, 2.05) is 70.2 Å². The second-order valence-corrected chi connectivity index (χ2v) is 6.55. The number of pyridine rings is 1. The molecule has 0 saturated heterocycles. The van der Waals surface area contributed by atoms with E-state index in [2.05, 4.69) is 10.3 Å². The zero-order chi connectivity index (χ0) is 17.6. The molecule has 1 aromatic carbocycles. The van der Waals surface area contributed by atoms with Crippen molar-refractivity contribution in [1.82, 2.24) is 10.3 Å². The summed E-state index contributed by atoms with van der Waals surface area (Å²) in [5.41, 5.74) is 1.35. The van der Waals surface area contributed by atoms with Crippen LogP contribution in [0.3, 0.4) is 0 Å². The van der Waals surface area contributed by atoms with Crippen molar-refractivity contribution in [3.63, 3.8) is 0 Å². The maximum absolute atomic E-state index is 11.8. The van der Waals surface area contributed by atoms with Crippen molar-refractivity contribution in [2.45, 2.75) is 45.9 Å². The number of alkyl carbamates (subject to hydrolysis) is 1. The monoisotopic (exact) mass is 328 g/mol. The fraction of sp³-hybridized carbons (Fsp3) is 0.368. The van der Waals surface area contributed by atoms with Gasteiger partial charge in [0, 0.05) is 6.20 Å². The molecule has 0 aliphatic carbocycles. The highest BCUT2D eigenvalue weighted by molar-refractivity contribution is 5.68. The molecule has 0 aliphatic heterocycles. The largest absolute Gasteiger partial charge is 0.487 e. The number of carbonyl (C=O) groups excluding carboxylic acids is 1. The van der Waals surface area contributed by atoms with E-state index in [9.17, 15) is 4.79 Å². The van der Waals surface area contributed by atoms with Gasteiger partial charge in [0.25, 0.3) is 0 Å². The highest BCUT2D eigenvalue weighted by Gasteiger charge is 2.18. The molecule has 0 spiro atoms. The molecule has 0 bridgehead atoms. The number of hydrogen-bond acceptors (Lipinski definition) is 4. The van der Waals surface area contributed by atoms with Crippen LogP contribution in [0.1, 0.15) is 45.0 Å². The van der Waals surface area contributed by atoms with Crippen LogP contribution in [0.2, 0.25) is 0 Å². The van der Waals surface area contributed by atoms with Gasteiger partial charge in [0.15, 0.2) is 0 Å². The topological polar surface area (TPSA) is 60.5 Å². The first-order chi connectivity index (χ1) is 11.3. The van der Waals surface area contributed by atoms with Crippen LogP contribution in [0.4, 0.5) is 4.79 Å². The molecule has 1 amide bonds. The van der Waals surface area contributed by atoms with Crippen LogP contribution in [0, 0.1) is 0 Å². The normalized spacial score (nSPS) is 12.3. The summed E-state index contributed by atoms with van der Waals surface area (Å²) in [6.45, 7) is 7.85. The van der Waals surface area contributed by atoms with Gasteiger partial charge in [-0.3, -0.25) is 4.98 Å². The number of nitrogens with zero attached hydrogens (tertiary/aromatic N) is 1. The third-order valence-electron chi connectivity index (χ3n) is 3.23. The first-order valence-electron chi connectivity index (χ1n) is 7.96. The minimum absolute atomic E-state index is 0.148. The van der Waals surface area contributed by atoms with Gasteiger partial charge in [-0.25, -0.2) is 4.79 Å². The van der Waals surface area contributed by atoms with Crippen molar-refractivity contribution >= 4 is 6.09 Å². The molecule has 128 valence electrons. The molecule has 1 aromatic heterocycles. The van der Waals surface area contributed by atoms with Crippen LogP contribution in [-0.2, 0) is 11.3 Å². The number of hydrogen-bond donors (Lipinski definition) is 1. The van der Waals surface area contributed by atoms with Gasteiger partial charge in [-0.1, -0.05) is 18.2 Å². The Morgan fingerprint density at radius 1 is 1.17 bits per heavy atom. The van der Waals surface area contributed by atoms with Crippen molar-refractivity contribution in [1.29, 1.82) is 0 Å². The summed E-state index contributed by atoms with van der Waals surface area (Å²) in [5, 5.41) is 2.82. The summed E-state index contributed by atoms with van der Waals surface area (Å²) in [6, 6.07) is 13.2. The van der Waals surface area contributed by atoms with Crippen LogP contribution in [-0.4, -0.2) is 16.7 Å². The number of amides is 1. The van der Waals surface area contributed by atoms with Crippen LogP contribution in [0.25, 0.3) is 0 Å². The van der Waals surface area contributed by atoms with E-state index in [0.29, 0.717) is 6.61 Å². The molecule has 1 unspecified atom stereocenters. The Kier molecular flexibility index (Phi) is 5.79. The van der Waals surface area contributed by atoms with Gasteiger partial charge in [0.05, 0.1) is 11.7 Å². The van der Waals surface area contributed by atoms with Crippen LogP contribution < -0.4 is 10.1 Å². The van der Waals surface area contributed by atoms with Gasteiger partial charge >= 0.3 is 6.09 Å². The highest BCUT2D eigenvalue weighted by atomic mass is 16.6. The van der Waals surface area contributed by atoms with E-state index in [4.69, 9.17) is 9.47 Å². The first kappa shape index (κ1) is 17.8. The molecule has 1 heterocycles. The lowest BCUT2D eigenvalue weighted by Gasteiger charge is -2.22. The molecule has 5 nitrogen and oxygen atoms in total. The Morgan fingerprint density at radius 2 is 1.88 bits per heavy atom. The van der Waals surface area contributed by atoms with E-state index in [-0.39, 0.29) is 6.04 Å². The first-order valence-corrected chi connectivity index (χ1v) is 7.96. The zero-order valence-electron chi connectivity index (χ0n) is 14.6. The van der Waals surface area contributed by atoms with Crippen molar-refractivity contribution in [2.24, 2.45) is 0 Å². The average molecular weight is 328 g/mol. The Hall–Kier alpha value is -2.56. The second-order valence-electron chi connectivity index (χ2n) is 6.55. The smallest absolute Gasteiger partial charge is 0.408 e. The summed E-state index contributed by atoms with van der Waals surface area (Å²) >= 11 is 0. The molecule has 0 radical (unpaired) electrons. The summed E-state index contributed by atoms with van der Waals surface area (Å²) in [5.74, 6) is 0.758. The van der Waals surface area contributed by atoms with Gasteiger partial charge in [0.1, 0.15) is 18.0 Å². The molecule has 2 rings (SSSR count). The third kappa shape index (κ3) is 5.91. The summed E-state index contributed by atoms with van der Waals surface area (Å²) in [7, 11) is 0. The van der Waals surface area contributed by atoms with Crippen LogP contribution >= 0.6 is 0 Å². The number of benzene rings is 1. The maximum atomic E-state index is 11.8. The highest BCUT2D eigenvalue weighted by Crippen LogP contribution is 2.19. The predicted molar refractivity (Wildman–Crippen MR) is 92.8 cm³/mol. The van der Waals surface area contributed by atoms with Crippen LogP contribution in [0.15, 0.2) is 48.7 Å².